The van der Waals surface area contributed by atoms with Crippen molar-refractivity contribution in [2.75, 3.05) is 0 Å². The van der Waals surface area contributed by atoms with Gasteiger partial charge in [-0.25, -0.2) is 4.39 Å². The molecule has 0 bridgehead atoms. The van der Waals surface area contributed by atoms with Gasteiger partial charge in [-0.05, 0) is 25.5 Å². The van der Waals surface area contributed by atoms with Crippen LogP contribution in [0.25, 0.3) is 0 Å². The van der Waals surface area contributed by atoms with E-state index in [1.807, 2.05) is 67.5 Å². The van der Waals surface area contributed by atoms with Crippen LogP contribution in [0.3, 0.4) is 0 Å². The highest BCUT2D eigenvalue weighted by molar-refractivity contribution is 7.97. The van der Waals surface area contributed by atoms with E-state index in [4.69, 9.17) is 0 Å². The first-order valence-corrected chi connectivity index (χ1v) is 9.06. The van der Waals surface area contributed by atoms with E-state index >= 15 is 0 Å². The molecule has 0 aromatic heterocycles. The van der Waals surface area contributed by atoms with Crippen molar-refractivity contribution in [2.24, 2.45) is 0 Å². The summed E-state index contributed by atoms with van der Waals surface area (Å²) in [5.74, 6) is -0.126. The lowest BCUT2D eigenvalue weighted by molar-refractivity contribution is 0.584. The lowest BCUT2D eigenvalue weighted by Crippen LogP contribution is -2.14. The van der Waals surface area contributed by atoms with Gasteiger partial charge in [0.05, 0.1) is 0 Å². The van der Waals surface area contributed by atoms with Gasteiger partial charge in [0.2, 0.25) is 0 Å². The van der Waals surface area contributed by atoms with Crippen molar-refractivity contribution < 1.29 is 4.39 Å². The SMILES string of the molecule is CC.CC.CC.Cc1ccc(C(C)NSC(C)C)c(F)c1. The summed E-state index contributed by atoms with van der Waals surface area (Å²) in [7, 11) is 0. The van der Waals surface area contributed by atoms with Crippen LogP contribution in [0.5, 0.6) is 0 Å². The van der Waals surface area contributed by atoms with Crippen LogP contribution in [0.1, 0.15) is 79.5 Å². The first kappa shape index (κ1) is 25.4. The second-order valence-corrected chi connectivity index (χ2v) is 5.45. The molecular weight excluding hydrogens is 281 g/mol. The summed E-state index contributed by atoms with van der Waals surface area (Å²) >= 11 is 1.63. The van der Waals surface area contributed by atoms with E-state index in [0.717, 1.165) is 11.1 Å². The van der Waals surface area contributed by atoms with Crippen molar-refractivity contribution in [3.05, 3.63) is 35.1 Å². The molecule has 1 N–H and O–H groups in total. The largest absolute Gasteiger partial charge is 0.257 e. The minimum absolute atomic E-state index is 0.0398. The zero-order valence-electron chi connectivity index (χ0n) is 15.7. The Labute approximate surface area is 137 Å². The molecule has 1 aromatic rings. The first-order valence-electron chi connectivity index (χ1n) is 8.18. The summed E-state index contributed by atoms with van der Waals surface area (Å²) < 4.78 is 16.8. The molecule has 1 nitrogen and oxygen atoms in total. The number of halogens is 1. The molecule has 0 spiro atoms. The van der Waals surface area contributed by atoms with E-state index < -0.39 is 0 Å². The van der Waals surface area contributed by atoms with Crippen LogP contribution in [0.15, 0.2) is 18.2 Å². The molecular formula is C18H36FNS. The van der Waals surface area contributed by atoms with Gasteiger partial charge in [0.15, 0.2) is 0 Å². The summed E-state index contributed by atoms with van der Waals surface area (Å²) in [6.45, 7) is 20.1. The van der Waals surface area contributed by atoms with Crippen LogP contribution in [0.2, 0.25) is 0 Å². The van der Waals surface area contributed by atoms with E-state index in [2.05, 4.69) is 18.6 Å². The predicted molar refractivity (Wildman–Crippen MR) is 99.5 cm³/mol. The molecule has 0 aliphatic rings. The molecule has 3 heteroatoms. The van der Waals surface area contributed by atoms with Gasteiger partial charge in [-0.1, -0.05) is 79.5 Å². The molecule has 0 fully saturated rings. The highest BCUT2D eigenvalue weighted by Crippen LogP contribution is 2.20. The Balaban J connectivity index is -0.000000478. The maximum absolute atomic E-state index is 13.6. The van der Waals surface area contributed by atoms with E-state index in [1.54, 1.807) is 18.0 Å². The standard InChI is InChI=1S/C12H18FNS.3C2H6/c1-8(2)15-14-10(4)11-6-5-9(3)7-12(11)13;3*1-2/h5-8,10,14H,1-4H3;3*1-2H3. The number of aryl methyl sites for hydroxylation is 1. The quantitative estimate of drug-likeness (QED) is 0.605. The van der Waals surface area contributed by atoms with Crippen LogP contribution in [-0.2, 0) is 0 Å². The Hall–Kier alpha value is -0.540. The second kappa shape index (κ2) is 17.5. The van der Waals surface area contributed by atoms with E-state index in [1.165, 1.54) is 0 Å². The van der Waals surface area contributed by atoms with E-state index in [9.17, 15) is 4.39 Å². The highest BCUT2D eigenvalue weighted by Gasteiger charge is 2.10. The summed E-state index contributed by atoms with van der Waals surface area (Å²) in [6.07, 6.45) is 0. The second-order valence-electron chi connectivity index (χ2n) is 4.03. The molecule has 126 valence electrons. The third-order valence-corrected chi connectivity index (χ3v) is 3.06. The maximum Gasteiger partial charge on any atom is 0.128 e. The van der Waals surface area contributed by atoms with Gasteiger partial charge in [0.1, 0.15) is 5.82 Å². The van der Waals surface area contributed by atoms with Crippen LogP contribution in [0.4, 0.5) is 4.39 Å². The average Bonchev–Trinajstić information content (AvgIpc) is 2.51. The van der Waals surface area contributed by atoms with Crippen LogP contribution in [0, 0.1) is 12.7 Å². The molecule has 0 radical (unpaired) electrons. The number of hydrogen-bond acceptors (Lipinski definition) is 2. The van der Waals surface area contributed by atoms with Crippen molar-refractivity contribution in [3.8, 4) is 0 Å². The third kappa shape index (κ3) is 12.9. The average molecular weight is 318 g/mol. The maximum atomic E-state index is 13.6. The number of benzene rings is 1. The Bertz CT molecular complexity index is 327. The molecule has 1 atom stereocenters. The fourth-order valence-corrected chi connectivity index (χ4v) is 1.89. The lowest BCUT2D eigenvalue weighted by atomic mass is 10.1. The number of rotatable bonds is 4. The minimum Gasteiger partial charge on any atom is -0.257 e. The molecule has 0 amide bonds. The molecule has 21 heavy (non-hydrogen) atoms. The van der Waals surface area contributed by atoms with E-state index in [-0.39, 0.29) is 11.9 Å². The van der Waals surface area contributed by atoms with Gasteiger partial charge >= 0.3 is 0 Å². The Kier molecular flexibility index (Phi) is 21.2. The molecule has 0 aliphatic carbocycles. The molecule has 1 rings (SSSR count). The minimum atomic E-state index is -0.126. The predicted octanol–water partition coefficient (Wildman–Crippen LogP) is 6.92. The van der Waals surface area contributed by atoms with Gasteiger partial charge in [-0.3, -0.25) is 4.72 Å². The van der Waals surface area contributed by atoms with Crippen molar-refractivity contribution in [3.63, 3.8) is 0 Å². The van der Waals surface area contributed by atoms with Gasteiger partial charge < -0.3 is 0 Å². The Morgan fingerprint density at radius 3 is 1.81 bits per heavy atom. The molecule has 0 saturated carbocycles. The monoisotopic (exact) mass is 317 g/mol. The molecule has 0 aliphatic heterocycles. The zero-order valence-corrected chi connectivity index (χ0v) is 16.5. The van der Waals surface area contributed by atoms with Crippen LogP contribution in [-0.4, -0.2) is 5.25 Å². The fraction of sp³-hybridized carbons (Fsp3) is 0.667. The smallest absolute Gasteiger partial charge is 0.128 e. The van der Waals surface area contributed by atoms with Gasteiger partial charge in [-0.15, -0.1) is 0 Å². The molecule has 0 heterocycles. The summed E-state index contributed by atoms with van der Waals surface area (Å²) in [6, 6.07) is 5.41. The van der Waals surface area contributed by atoms with Crippen LogP contribution < -0.4 is 4.72 Å². The van der Waals surface area contributed by atoms with Crippen LogP contribution >= 0.6 is 11.9 Å². The topological polar surface area (TPSA) is 12.0 Å². The third-order valence-electron chi connectivity index (χ3n) is 2.10. The Morgan fingerprint density at radius 2 is 1.43 bits per heavy atom. The fourth-order valence-electron chi connectivity index (χ4n) is 1.28. The van der Waals surface area contributed by atoms with Gasteiger partial charge in [0, 0.05) is 16.9 Å². The molecule has 1 unspecified atom stereocenters. The molecule has 0 saturated heterocycles. The van der Waals surface area contributed by atoms with Crippen molar-refractivity contribution in [1.82, 2.24) is 4.72 Å². The van der Waals surface area contributed by atoms with Gasteiger partial charge in [-0.2, -0.15) is 0 Å². The molecule has 1 aromatic carbocycles. The lowest BCUT2D eigenvalue weighted by Gasteiger charge is -2.16. The number of nitrogens with one attached hydrogen (secondary N) is 1. The normalized spacial score (nSPS) is 10.3. The Morgan fingerprint density at radius 1 is 0.952 bits per heavy atom. The van der Waals surface area contributed by atoms with Crippen molar-refractivity contribution >= 4 is 11.9 Å². The summed E-state index contributed by atoms with van der Waals surface area (Å²) in [5, 5.41) is 0.501. The van der Waals surface area contributed by atoms with Crippen molar-refractivity contribution in [1.29, 1.82) is 0 Å². The summed E-state index contributed by atoms with van der Waals surface area (Å²) in [4.78, 5) is 0. The number of hydrogen-bond donors (Lipinski definition) is 1. The van der Waals surface area contributed by atoms with E-state index in [0.29, 0.717) is 5.25 Å². The highest BCUT2D eigenvalue weighted by atomic mass is 32.2. The first-order chi connectivity index (χ1) is 10.0. The summed E-state index contributed by atoms with van der Waals surface area (Å²) in [5.41, 5.74) is 1.69. The zero-order chi connectivity index (χ0) is 17.4. The van der Waals surface area contributed by atoms with Gasteiger partial charge in [0.25, 0.3) is 0 Å². The van der Waals surface area contributed by atoms with Crippen molar-refractivity contribution in [2.45, 2.75) is 80.5 Å².